The van der Waals surface area contributed by atoms with Gasteiger partial charge in [0.2, 0.25) is 0 Å². The monoisotopic (exact) mass is 700 g/mol. The van der Waals surface area contributed by atoms with Crippen molar-refractivity contribution < 1.29 is 0 Å². The highest BCUT2D eigenvalue weighted by molar-refractivity contribution is 6.25. The second-order valence-electron chi connectivity index (χ2n) is 14.4. The molecule has 12 rings (SSSR count). The first-order valence-corrected chi connectivity index (χ1v) is 18.8. The lowest BCUT2D eigenvalue weighted by Gasteiger charge is -2.13. The first-order valence-electron chi connectivity index (χ1n) is 18.8. The van der Waals surface area contributed by atoms with E-state index in [0.29, 0.717) is 0 Å². The van der Waals surface area contributed by atoms with Gasteiger partial charge in [-0.3, -0.25) is 4.57 Å². The van der Waals surface area contributed by atoms with Gasteiger partial charge in [0.1, 0.15) is 5.82 Å². The molecule has 0 fully saturated rings. The van der Waals surface area contributed by atoms with Crippen LogP contribution in [0.25, 0.3) is 105 Å². The molecule has 0 atom stereocenters. The average Bonchev–Trinajstić information content (AvgIpc) is 3.89. The largest absolute Gasteiger partial charge is 0.309 e. The van der Waals surface area contributed by atoms with Crippen LogP contribution in [-0.2, 0) is 0 Å². The van der Waals surface area contributed by atoms with Crippen molar-refractivity contribution in [2.45, 2.75) is 0 Å². The minimum absolute atomic E-state index is 0.886. The molecule has 0 N–H and O–H groups in total. The van der Waals surface area contributed by atoms with Gasteiger partial charge in [-0.2, -0.15) is 0 Å². The molecule has 4 heteroatoms. The van der Waals surface area contributed by atoms with E-state index in [1.165, 1.54) is 65.2 Å². The first-order chi connectivity index (χ1) is 27.3. The normalized spacial score (nSPS) is 12.0. The van der Waals surface area contributed by atoms with Crippen LogP contribution in [0.1, 0.15) is 0 Å². The van der Waals surface area contributed by atoms with E-state index in [1.807, 2.05) is 0 Å². The third-order valence-electron chi connectivity index (χ3n) is 11.4. The Hall–Kier alpha value is -7.43. The zero-order valence-corrected chi connectivity index (χ0v) is 29.8. The summed E-state index contributed by atoms with van der Waals surface area (Å²) in [5, 5.41) is 9.73. The van der Waals surface area contributed by atoms with Crippen molar-refractivity contribution in [3.05, 3.63) is 194 Å². The molecule has 0 spiro atoms. The molecule has 55 heavy (non-hydrogen) atoms. The lowest BCUT2D eigenvalue weighted by molar-refractivity contribution is 1.08. The predicted octanol–water partition coefficient (Wildman–Crippen LogP) is 13.2. The Morgan fingerprint density at radius 1 is 0.309 bits per heavy atom. The highest BCUT2D eigenvalue weighted by Crippen LogP contribution is 2.43. The number of hydrogen-bond acceptors (Lipinski definition) is 1. The van der Waals surface area contributed by atoms with Crippen LogP contribution in [-0.4, -0.2) is 18.7 Å². The summed E-state index contributed by atoms with van der Waals surface area (Å²) in [6.07, 6.45) is 0. The third kappa shape index (κ3) is 4.37. The van der Waals surface area contributed by atoms with E-state index >= 15 is 0 Å². The molecule has 4 nitrogen and oxygen atoms in total. The maximum atomic E-state index is 5.53. The van der Waals surface area contributed by atoms with Crippen molar-refractivity contribution in [2.75, 3.05) is 0 Å². The van der Waals surface area contributed by atoms with Crippen molar-refractivity contribution in [1.82, 2.24) is 18.7 Å². The molecule has 0 aliphatic heterocycles. The van der Waals surface area contributed by atoms with Crippen LogP contribution in [0.15, 0.2) is 194 Å². The topological polar surface area (TPSA) is 27.7 Å². The molecule has 0 aliphatic carbocycles. The molecule has 4 heterocycles. The van der Waals surface area contributed by atoms with Crippen LogP contribution >= 0.6 is 0 Å². The van der Waals surface area contributed by atoms with Crippen LogP contribution in [0.4, 0.5) is 0 Å². The number of aromatic nitrogens is 4. The number of fused-ring (bicyclic) bond motifs is 11. The summed E-state index contributed by atoms with van der Waals surface area (Å²) < 4.78 is 7.20. The number of benzene rings is 8. The van der Waals surface area contributed by atoms with Crippen LogP contribution < -0.4 is 0 Å². The SMILES string of the molecule is c1ccc(-n2c3ccccc3c3cc(-c4cccc(-n5c6cc7ccccc7cc6c6ccc7c8ccccc8n(-c8ccccc8)c7c65)n4)ccc32)cc1. The maximum Gasteiger partial charge on any atom is 0.138 e. The van der Waals surface area contributed by atoms with Gasteiger partial charge in [0.25, 0.3) is 0 Å². The first kappa shape index (κ1) is 30.1. The summed E-state index contributed by atoms with van der Waals surface area (Å²) in [4.78, 5) is 5.53. The number of rotatable bonds is 4. The second kappa shape index (κ2) is 11.5. The van der Waals surface area contributed by atoms with Gasteiger partial charge >= 0.3 is 0 Å². The summed E-state index contributed by atoms with van der Waals surface area (Å²) >= 11 is 0. The molecule has 0 unspecified atom stereocenters. The van der Waals surface area contributed by atoms with Crippen molar-refractivity contribution in [1.29, 1.82) is 0 Å². The third-order valence-corrected chi connectivity index (χ3v) is 11.4. The number of pyridine rings is 1. The zero-order chi connectivity index (χ0) is 36.0. The highest BCUT2D eigenvalue weighted by Gasteiger charge is 2.22. The Kier molecular flexibility index (Phi) is 6.31. The lowest BCUT2D eigenvalue weighted by Crippen LogP contribution is -2.01. The molecule has 0 radical (unpaired) electrons. The van der Waals surface area contributed by atoms with Crippen LogP contribution in [0, 0.1) is 0 Å². The van der Waals surface area contributed by atoms with E-state index in [4.69, 9.17) is 4.98 Å². The van der Waals surface area contributed by atoms with Gasteiger partial charge in [-0.15, -0.1) is 0 Å². The summed E-state index contributed by atoms with van der Waals surface area (Å²) in [6, 6.07) is 70.0. The summed E-state index contributed by atoms with van der Waals surface area (Å²) in [7, 11) is 0. The van der Waals surface area contributed by atoms with Gasteiger partial charge in [0, 0.05) is 49.3 Å². The molecule has 0 saturated carbocycles. The molecule has 0 aliphatic rings. The molecule has 12 aromatic rings. The van der Waals surface area contributed by atoms with E-state index in [-0.39, 0.29) is 0 Å². The summed E-state index contributed by atoms with van der Waals surface area (Å²) in [5.74, 6) is 0.886. The van der Waals surface area contributed by atoms with E-state index in [2.05, 4.69) is 208 Å². The van der Waals surface area contributed by atoms with Crippen molar-refractivity contribution in [3.8, 4) is 28.5 Å². The molecule has 4 aromatic heterocycles. The average molecular weight is 701 g/mol. The van der Waals surface area contributed by atoms with Gasteiger partial charge in [-0.1, -0.05) is 121 Å². The molecular formula is C51H32N4. The fraction of sp³-hybridized carbons (Fsp3) is 0. The molecule has 0 bridgehead atoms. The minimum Gasteiger partial charge on any atom is -0.309 e. The van der Waals surface area contributed by atoms with Crippen LogP contribution in [0.5, 0.6) is 0 Å². The van der Waals surface area contributed by atoms with E-state index < -0.39 is 0 Å². The van der Waals surface area contributed by atoms with Crippen molar-refractivity contribution in [3.63, 3.8) is 0 Å². The lowest BCUT2D eigenvalue weighted by atomic mass is 10.1. The Morgan fingerprint density at radius 3 is 1.60 bits per heavy atom. The van der Waals surface area contributed by atoms with E-state index in [0.717, 1.165) is 39.5 Å². The highest BCUT2D eigenvalue weighted by atomic mass is 15.1. The Labute approximate surface area is 316 Å². The quantitative estimate of drug-likeness (QED) is 0.180. The Balaban J connectivity index is 1.16. The van der Waals surface area contributed by atoms with Gasteiger partial charge in [-0.05, 0) is 83.6 Å². The summed E-state index contributed by atoms with van der Waals surface area (Å²) in [5.41, 5.74) is 11.3. The molecule has 0 amide bonds. The van der Waals surface area contributed by atoms with Gasteiger partial charge in [-0.25, -0.2) is 4.98 Å². The Morgan fingerprint density at radius 2 is 0.855 bits per heavy atom. The van der Waals surface area contributed by atoms with E-state index in [1.54, 1.807) is 0 Å². The van der Waals surface area contributed by atoms with Crippen LogP contribution in [0.2, 0.25) is 0 Å². The fourth-order valence-electron chi connectivity index (χ4n) is 9.01. The van der Waals surface area contributed by atoms with Crippen LogP contribution in [0.3, 0.4) is 0 Å². The molecule has 0 saturated heterocycles. The molecular weight excluding hydrogens is 669 g/mol. The number of hydrogen-bond donors (Lipinski definition) is 0. The van der Waals surface area contributed by atoms with E-state index in [9.17, 15) is 0 Å². The molecule has 8 aromatic carbocycles. The second-order valence-corrected chi connectivity index (χ2v) is 14.4. The predicted molar refractivity (Wildman–Crippen MR) is 230 cm³/mol. The number of para-hydroxylation sites is 4. The maximum absolute atomic E-state index is 5.53. The van der Waals surface area contributed by atoms with Gasteiger partial charge in [0.05, 0.1) is 38.8 Å². The smallest absolute Gasteiger partial charge is 0.138 e. The Bertz CT molecular complexity index is 3480. The molecule has 256 valence electrons. The van der Waals surface area contributed by atoms with Crippen molar-refractivity contribution in [2.24, 2.45) is 0 Å². The zero-order valence-electron chi connectivity index (χ0n) is 29.8. The summed E-state index contributed by atoms with van der Waals surface area (Å²) in [6.45, 7) is 0. The van der Waals surface area contributed by atoms with Crippen molar-refractivity contribution >= 4 is 76.2 Å². The standard InChI is InChI=1S/C51H32N4/c1-3-16-36(17-4-1)53-45-23-11-10-21-39(45)42-31-35(26-29-47(42)53)44-22-13-25-49(52-44)55-48-32-34-15-8-7-14-33(34)30-43(48)41-28-27-40-38-20-9-12-24-46(38)54(50(40)51(41)55)37-18-5-2-6-19-37/h1-32H. The minimum atomic E-state index is 0.886. The number of nitrogens with zero attached hydrogens (tertiary/aromatic N) is 4. The fourth-order valence-corrected chi connectivity index (χ4v) is 9.01. The van der Waals surface area contributed by atoms with Gasteiger partial charge in [0.15, 0.2) is 0 Å². The van der Waals surface area contributed by atoms with Gasteiger partial charge < -0.3 is 9.13 Å².